The largest absolute Gasteiger partial charge is 0.497 e. The number of hydrogen-bond acceptors (Lipinski definition) is 7. The van der Waals surface area contributed by atoms with Crippen molar-refractivity contribution in [2.24, 2.45) is 7.05 Å². The summed E-state index contributed by atoms with van der Waals surface area (Å²) in [4.78, 5) is 32.0. The van der Waals surface area contributed by atoms with Gasteiger partial charge in [0.25, 0.3) is 5.91 Å². The first-order valence-electron chi connectivity index (χ1n) is 11.4. The summed E-state index contributed by atoms with van der Waals surface area (Å²) in [6.07, 6.45) is 1.59. The van der Waals surface area contributed by atoms with Gasteiger partial charge in [0, 0.05) is 42.7 Å². The van der Waals surface area contributed by atoms with Gasteiger partial charge in [-0.25, -0.2) is 9.78 Å². The fourth-order valence-electron chi connectivity index (χ4n) is 4.48. The van der Waals surface area contributed by atoms with Crippen molar-refractivity contribution < 1.29 is 19.1 Å². The minimum Gasteiger partial charge on any atom is -0.497 e. The Labute approximate surface area is 203 Å². The molecule has 3 aromatic rings. The summed E-state index contributed by atoms with van der Waals surface area (Å²) in [5, 5.41) is 7.22. The SMILES string of the molecule is CCOC(=O)c1csc(C2CCN(C(=O)c3cc(OC)ccc3-c3c(C)nn(C)c3C)CC2)n1. The third-order valence-corrected chi connectivity index (χ3v) is 7.38. The van der Waals surface area contributed by atoms with E-state index in [-0.39, 0.29) is 17.8 Å². The van der Waals surface area contributed by atoms with Crippen molar-refractivity contribution >= 4 is 23.2 Å². The lowest BCUT2D eigenvalue weighted by Crippen LogP contribution is -2.38. The molecule has 9 heteroatoms. The first kappa shape index (κ1) is 23.9. The van der Waals surface area contributed by atoms with Crippen LogP contribution in [0.3, 0.4) is 0 Å². The molecule has 0 unspecified atom stereocenters. The third-order valence-electron chi connectivity index (χ3n) is 6.37. The van der Waals surface area contributed by atoms with Crippen LogP contribution in [-0.4, -0.2) is 58.3 Å². The van der Waals surface area contributed by atoms with Crippen LogP contribution < -0.4 is 4.74 Å². The van der Waals surface area contributed by atoms with Gasteiger partial charge >= 0.3 is 5.97 Å². The lowest BCUT2D eigenvalue weighted by molar-refractivity contribution is 0.0520. The molecule has 1 fully saturated rings. The van der Waals surface area contributed by atoms with Gasteiger partial charge in [-0.15, -0.1) is 11.3 Å². The number of aromatic nitrogens is 3. The van der Waals surface area contributed by atoms with E-state index < -0.39 is 0 Å². The summed E-state index contributed by atoms with van der Waals surface area (Å²) in [6, 6.07) is 5.65. The van der Waals surface area contributed by atoms with Crippen molar-refractivity contribution in [2.45, 2.75) is 39.5 Å². The third kappa shape index (κ3) is 4.57. The number of likely N-dealkylation sites (tertiary alicyclic amines) is 1. The van der Waals surface area contributed by atoms with Crippen molar-refractivity contribution in [1.82, 2.24) is 19.7 Å². The molecule has 0 saturated carbocycles. The summed E-state index contributed by atoms with van der Waals surface area (Å²) in [5.74, 6) is 0.478. The molecule has 0 N–H and O–H groups in total. The molecule has 2 aromatic heterocycles. The highest BCUT2D eigenvalue weighted by Crippen LogP contribution is 2.35. The Morgan fingerprint density at radius 2 is 1.94 bits per heavy atom. The molecule has 0 aliphatic carbocycles. The van der Waals surface area contributed by atoms with Crippen LogP contribution in [0.4, 0.5) is 0 Å². The number of amides is 1. The topological polar surface area (TPSA) is 86.5 Å². The number of hydrogen-bond donors (Lipinski definition) is 0. The Morgan fingerprint density at radius 1 is 1.21 bits per heavy atom. The predicted molar refractivity (Wildman–Crippen MR) is 131 cm³/mol. The molecule has 1 amide bonds. The van der Waals surface area contributed by atoms with Crippen molar-refractivity contribution in [3.8, 4) is 16.9 Å². The quantitative estimate of drug-likeness (QED) is 0.485. The molecule has 0 atom stereocenters. The number of carbonyl (C=O) groups excluding carboxylic acids is 2. The molecule has 34 heavy (non-hydrogen) atoms. The van der Waals surface area contributed by atoms with Gasteiger partial charge in [0.2, 0.25) is 0 Å². The second-order valence-corrected chi connectivity index (χ2v) is 9.33. The van der Waals surface area contributed by atoms with E-state index in [1.54, 1.807) is 19.4 Å². The number of benzene rings is 1. The second kappa shape index (κ2) is 9.97. The van der Waals surface area contributed by atoms with E-state index in [0.29, 0.717) is 36.7 Å². The van der Waals surface area contributed by atoms with E-state index in [4.69, 9.17) is 9.47 Å². The number of methoxy groups -OCH3 is 1. The zero-order valence-electron chi connectivity index (χ0n) is 20.3. The van der Waals surface area contributed by atoms with E-state index in [1.165, 1.54) is 11.3 Å². The number of carbonyl (C=O) groups is 2. The lowest BCUT2D eigenvalue weighted by atomic mass is 9.94. The maximum atomic E-state index is 13.7. The maximum absolute atomic E-state index is 13.7. The van der Waals surface area contributed by atoms with Gasteiger partial charge in [0.05, 0.1) is 30.0 Å². The first-order valence-corrected chi connectivity index (χ1v) is 12.3. The van der Waals surface area contributed by atoms with Crippen molar-refractivity contribution in [3.05, 3.63) is 51.2 Å². The first-order chi connectivity index (χ1) is 16.3. The molecular formula is C25H30N4O4S. The van der Waals surface area contributed by atoms with E-state index in [1.807, 2.05) is 48.7 Å². The number of piperidine rings is 1. The van der Waals surface area contributed by atoms with Gasteiger partial charge in [-0.05, 0) is 57.4 Å². The number of esters is 1. The summed E-state index contributed by atoms with van der Waals surface area (Å²) in [7, 11) is 3.52. The Hall–Kier alpha value is -3.20. The highest BCUT2D eigenvalue weighted by atomic mass is 32.1. The van der Waals surface area contributed by atoms with Crippen LogP contribution in [0.2, 0.25) is 0 Å². The van der Waals surface area contributed by atoms with Crippen LogP contribution >= 0.6 is 11.3 Å². The molecule has 1 saturated heterocycles. The average molecular weight is 483 g/mol. The van der Waals surface area contributed by atoms with Crippen molar-refractivity contribution in [2.75, 3.05) is 26.8 Å². The average Bonchev–Trinajstić information content (AvgIpc) is 3.43. The molecule has 0 bridgehead atoms. The normalized spacial score (nSPS) is 14.3. The molecule has 8 nitrogen and oxygen atoms in total. The van der Waals surface area contributed by atoms with Gasteiger partial charge in [-0.3, -0.25) is 9.48 Å². The summed E-state index contributed by atoms with van der Waals surface area (Å²) < 4.78 is 12.3. The molecule has 1 aromatic carbocycles. The number of aryl methyl sites for hydroxylation is 2. The van der Waals surface area contributed by atoms with Crippen LogP contribution in [-0.2, 0) is 11.8 Å². The van der Waals surface area contributed by atoms with Gasteiger partial charge in [0.1, 0.15) is 5.75 Å². The van der Waals surface area contributed by atoms with E-state index >= 15 is 0 Å². The second-order valence-electron chi connectivity index (χ2n) is 8.44. The van der Waals surface area contributed by atoms with Gasteiger partial charge in [0.15, 0.2) is 5.69 Å². The highest BCUT2D eigenvalue weighted by molar-refractivity contribution is 7.09. The molecule has 0 radical (unpaired) electrons. The van der Waals surface area contributed by atoms with E-state index in [0.717, 1.165) is 40.4 Å². The minimum atomic E-state index is -0.385. The number of nitrogens with zero attached hydrogens (tertiary/aromatic N) is 4. The standard InChI is InChI=1S/C25H30N4O4S/c1-6-33-25(31)21-14-34-23(26-21)17-9-11-29(12-10-17)24(30)20-13-18(32-5)7-8-19(20)22-15(2)27-28(4)16(22)3/h7-8,13-14,17H,6,9-12H2,1-5H3. The van der Waals surface area contributed by atoms with Crippen LogP contribution in [0.15, 0.2) is 23.6 Å². The van der Waals surface area contributed by atoms with Gasteiger partial charge in [-0.1, -0.05) is 0 Å². The molecule has 1 aliphatic rings. The lowest BCUT2D eigenvalue weighted by Gasteiger charge is -2.31. The van der Waals surface area contributed by atoms with Crippen LogP contribution in [0.25, 0.3) is 11.1 Å². The Kier molecular flexibility index (Phi) is 7.02. The molecule has 4 rings (SSSR count). The zero-order chi connectivity index (χ0) is 24.4. The Bertz CT molecular complexity index is 1210. The number of rotatable bonds is 6. The monoisotopic (exact) mass is 482 g/mol. The number of ether oxygens (including phenoxy) is 2. The molecule has 3 heterocycles. The van der Waals surface area contributed by atoms with E-state index in [2.05, 4.69) is 10.1 Å². The molecule has 1 aliphatic heterocycles. The highest BCUT2D eigenvalue weighted by Gasteiger charge is 2.29. The van der Waals surface area contributed by atoms with Crippen LogP contribution in [0, 0.1) is 13.8 Å². The van der Waals surface area contributed by atoms with Crippen molar-refractivity contribution in [1.29, 1.82) is 0 Å². The molecule has 180 valence electrons. The summed E-state index contributed by atoms with van der Waals surface area (Å²) in [5.41, 5.74) is 4.74. The van der Waals surface area contributed by atoms with Gasteiger partial charge in [-0.2, -0.15) is 5.10 Å². The number of thiazole rings is 1. The zero-order valence-corrected chi connectivity index (χ0v) is 21.1. The van der Waals surface area contributed by atoms with Crippen molar-refractivity contribution in [3.63, 3.8) is 0 Å². The summed E-state index contributed by atoms with van der Waals surface area (Å²) in [6.45, 7) is 7.33. The van der Waals surface area contributed by atoms with Gasteiger partial charge < -0.3 is 14.4 Å². The summed E-state index contributed by atoms with van der Waals surface area (Å²) >= 11 is 1.49. The molecule has 0 spiro atoms. The Morgan fingerprint density at radius 3 is 2.56 bits per heavy atom. The van der Waals surface area contributed by atoms with Crippen LogP contribution in [0.5, 0.6) is 5.75 Å². The maximum Gasteiger partial charge on any atom is 0.357 e. The van der Waals surface area contributed by atoms with Crippen LogP contribution in [0.1, 0.15) is 62.9 Å². The minimum absolute atomic E-state index is 0.0126. The Balaban J connectivity index is 1.54. The van der Waals surface area contributed by atoms with E-state index in [9.17, 15) is 9.59 Å². The smallest absolute Gasteiger partial charge is 0.357 e. The fraction of sp³-hybridized carbons (Fsp3) is 0.440. The molecular weight excluding hydrogens is 452 g/mol. The fourth-order valence-corrected chi connectivity index (χ4v) is 5.44. The predicted octanol–water partition coefficient (Wildman–Crippen LogP) is 4.37.